The minimum absolute atomic E-state index is 0.0760. The van der Waals surface area contributed by atoms with Gasteiger partial charge in [-0.2, -0.15) is 0 Å². The molecule has 0 amide bonds. The van der Waals surface area contributed by atoms with Gasteiger partial charge in [-0.25, -0.2) is 8.42 Å². The average molecular weight is 220 g/mol. The molecular weight excluding hydrogens is 210 g/mol. The molecule has 0 spiro atoms. The van der Waals surface area contributed by atoms with Crippen molar-refractivity contribution in [2.24, 2.45) is 0 Å². The van der Waals surface area contributed by atoms with E-state index >= 15 is 0 Å². The van der Waals surface area contributed by atoms with Gasteiger partial charge in [-0.15, -0.1) is 0 Å². The van der Waals surface area contributed by atoms with Crippen molar-refractivity contribution in [2.75, 3.05) is 12.9 Å². The first kappa shape index (κ1) is 10.5. The maximum absolute atomic E-state index is 11.5. The van der Waals surface area contributed by atoms with Crippen molar-refractivity contribution in [2.45, 2.75) is 4.90 Å². The Morgan fingerprint density at radius 2 is 2.15 bits per heavy atom. The fraction of sp³-hybridized carbons (Fsp3) is 0.250. The quantitative estimate of drug-likeness (QED) is 0.834. The lowest BCUT2D eigenvalue weighted by Gasteiger charge is -2.02. The van der Waals surface area contributed by atoms with Crippen LogP contribution >= 0.6 is 11.6 Å². The lowest BCUT2D eigenvalue weighted by atomic mass is 10.4. The summed E-state index contributed by atoms with van der Waals surface area (Å²) in [5.74, 6) is -0.0760. The number of sulfone groups is 1. The molecule has 1 rings (SSSR count). The van der Waals surface area contributed by atoms with Gasteiger partial charge in [0, 0.05) is 5.02 Å². The Kier molecular flexibility index (Phi) is 3.30. The number of halogens is 1. The minimum atomic E-state index is -3.23. The highest BCUT2D eigenvalue weighted by Crippen LogP contribution is 2.15. The molecule has 72 valence electrons. The molecule has 0 aliphatic carbocycles. The first-order chi connectivity index (χ1) is 6.06. The van der Waals surface area contributed by atoms with Gasteiger partial charge < -0.3 is 5.32 Å². The fourth-order valence-corrected chi connectivity index (χ4v) is 2.33. The zero-order valence-corrected chi connectivity index (χ0v) is 8.69. The molecule has 0 saturated heterocycles. The van der Waals surface area contributed by atoms with Crippen molar-refractivity contribution < 1.29 is 8.42 Å². The van der Waals surface area contributed by atoms with E-state index < -0.39 is 9.84 Å². The van der Waals surface area contributed by atoms with Crippen LogP contribution in [0.1, 0.15) is 0 Å². The first-order valence-corrected chi connectivity index (χ1v) is 5.72. The lowest BCUT2D eigenvalue weighted by Crippen LogP contribution is -2.18. The van der Waals surface area contributed by atoms with Crippen molar-refractivity contribution >= 4 is 21.4 Å². The van der Waals surface area contributed by atoms with E-state index in [1.54, 1.807) is 19.2 Å². The van der Waals surface area contributed by atoms with Gasteiger partial charge in [0.05, 0.1) is 4.90 Å². The van der Waals surface area contributed by atoms with Crippen LogP contribution in [0.5, 0.6) is 0 Å². The SMILES string of the molecule is CNCS(=O)(=O)c1cccc(Cl)c1. The standard InChI is InChI=1S/C8H10ClNO2S/c1-10-6-13(11,12)8-4-2-3-7(9)5-8/h2-5,10H,6H2,1H3. The summed E-state index contributed by atoms with van der Waals surface area (Å²) in [7, 11) is -1.64. The van der Waals surface area contributed by atoms with E-state index in [2.05, 4.69) is 5.32 Å². The molecule has 1 aromatic rings. The number of nitrogens with one attached hydrogen (secondary N) is 1. The van der Waals surface area contributed by atoms with Gasteiger partial charge in [-0.05, 0) is 25.2 Å². The van der Waals surface area contributed by atoms with E-state index in [0.29, 0.717) is 5.02 Å². The summed E-state index contributed by atoms with van der Waals surface area (Å²) in [5.41, 5.74) is 0. The summed E-state index contributed by atoms with van der Waals surface area (Å²) in [4.78, 5) is 0.245. The van der Waals surface area contributed by atoms with Crippen molar-refractivity contribution in [1.29, 1.82) is 0 Å². The topological polar surface area (TPSA) is 46.2 Å². The van der Waals surface area contributed by atoms with Crippen LogP contribution in [0.2, 0.25) is 5.02 Å². The molecule has 0 bridgehead atoms. The van der Waals surface area contributed by atoms with Crippen molar-refractivity contribution in [3.63, 3.8) is 0 Å². The molecule has 5 heteroatoms. The molecule has 1 N–H and O–H groups in total. The van der Waals surface area contributed by atoms with Gasteiger partial charge in [-0.3, -0.25) is 0 Å². The van der Waals surface area contributed by atoms with E-state index in [0.717, 1.165) is 0 Å². The maximum Gasteiger partial charge on any atom is 0.191 e. The van der Waals surface area contributed by atoms with Crippen molar-refractivity contribution in [1.82, 2.24) is 5.32 Å². The highest BCUT2D eigenvalue weighted by molar-refractivity contribution is 7.91. The predicted molar refractivity (Wildman–Crippen MR) is 52.6 cm³/mol. The van der Waals surface area contributed by atoms with E-state index in [1.807, 2.05) is 0 Å². The molecule has 0 aromatic heterocycles. The summed E-state index contributed by atoms with van der Waals surface area (Å²) in [5, 5.41) is 3.02. The summed E-state index contributed by atoms with van der Waals surface area (Å²) in [6, 6.07) is 6.22. The maximum atomic E-state index is 11.5. The molecule has 3 nitrogen and oxygen atoms in total. The molecule has 0 radical (unpaired) electrons. The highest BCUT2D eigenvalue weighted by Gasteiger charge is 2.12. The number of hydrogen-bond acceptors (Lipinski definition) is 3. The van der Waals surface area contributed by atoms with Crippen LogP contribution in [-0.2, 0) is 9.84 Å². The summed E-state index contributed by atoms with van der Waals surface area (Å²) in [6.07, 6.45) is 0. The summed E-state index contributed by atoms with van der Waals surface area (Å²) < 4.78 is 22.9. The van der Waals surface area contributed by atoms with Crippen LogP contribution < -0.4 is 5.32 Å². The van der Waals surface area contributed by atoms with Crippen LogP contribution in [0.25, 0.3) is 0 Å². The largest absolute Gasteiger partial charge is 0.306 e. The smallest absolute Gasteiger partial charge is 0.191 e. The van der Waals surface area contributed by atoms with Gasteiger partial charge in [0.15, 0.2) is 9.84 Å². The summed E-state index contributed by atoms with van der Waals surface area (Å²) >= 11 is 5.67. The molecular formula is C8H10ClNO2S. The zero-order valence-electron chi connectivity index (χ0n) is 7.12. The third kappa shape index (κ3) is 2.69. The van der Waals surface area contributed by atoms with E-state index in [9.17, 15) is 8.42 Å². The molecule has 0 saturated carbocycles. The van der Waals surface area contributed by atoms with Crippen LogP contribution in [0.3, 0.4) is 0 Å². The van der Waals surface area contributed by atoms with Crippen LogP contribution in [0.4, 0.5) is 0 Å². The lowest BCUT2D eigenvalue weighted by molar-refractivity contribution is 0.591. The van der Waals surface area contributed by atoms with Gasteiger partial charge in [0.25, 0.3) is 0 Å². The Balaban J connectivity index is 3.08. The molecule has 0 atom stereocenters. The second kappa shape index (κ2) is 4.09. The Morgan fingerprint density at radius 1 is 1.46 bits per heavy atom. The third-order valence-electron chi connectivity index (χ3n) is 1.49. The van der Waals surface area contributed by atoms with Gasteiger partial charge in [-0.1, -0.05) is 17.7 Å². The molecule has 13 heavy (non-hydrogen) atoms. The molecule has 0 unspecified atom stereocenters. The van der Waals surface area contributed by atoms with Crippen LogP contribution in [0, 0.1) is 0 Å². The van der Waals surface area contributed by atoms with Gasteiger partial charge in [0.2, 0.25) is 0 Å². The Labute approximate surface area is 82.6 Å². The van der Waals surface area contributed by atoms with Crippen molar-refractivity contribution in [3.05, 3.63) is 29.3 Å². The van der Waals surface area contributed by atoms with E-state index in [-0.39, 0.29) is 10.8 Å². The second-order valence-electron chi connectivity index (χ2n) is 2.57. The summed E-state index contributed by atoms with van der Waals surface area (Å²) in [6.45, 7) is 0. The van der Waals surface area contributed by atoms with Crippen LogP contribution in [0.15, 0.2) is 29.2 Å². The Hall–Kier alpha value is -0.580. The van der Waals surface area contributed by atoms with E-state index in [4.69, 9.17) is 11.6 Å². The first-order valence-electron chi connectivity index (χ1n) is 3.69. The van der Waals surface area contributed by atoms with Crippen molar-refractivity contribution in [3.8, 4) is 0 Å². The average Bonchev–Trinajstić information content (AvgIpc) is 2.04. The fourth-order valence-electron chi connectivity index (χ4n) is 0.934. The molecule has 0 fully saturated rings. The number of hydrogen-bond donors (Lipinski definition) is 1. The molecule has 0 aliphatic rings. The Morgan fingerprint density at radius 3 is 2.69 bits per heavy atom. The highest BCUT2D eigenvalue weighted by atomic mass is 35.5. The van der Waals surface area contributed by atoms with Gasteiger partial charge in [0.1, 0.15) is 5.88 Å². The second-order valence-corrected chi connectivity index (χ2v) is 5.00. The number of benzene rings is 1. The third-order valence-corrected chi connectivity index (χ3v) is 3.37. The predicted octanol–water partition coefficient (Wildman–Crippen LogP) is 1.29. The number of rotatable bonds is 3. The normalized spacial score (nSPS) is 11.5. The zero-order chi connectivity index (χ0) is 9.90. The molecule has 0 heterocycles. The van der Waals surface area contributed by atoms with E-state index in [1.165, 1.54) is 12.1 Å². The van der Waals surface area contributed by atoms with Crippen LogP contribution in [-0.4, -0.2) is 21.3 Å². The molecule has 1 aromatic carbocycles. The monoisotopic (exact) mass is 219 g/mol. The minimum Gasteiger partial charge on any atom is -0.306 e. The molecule has 0 aliphatic heterocycles. The van der Waals surface area contributed by atoms with Gasteiger partial charge >= 0.3 is 0 Å². The Bertz CT molecular complexity index is 389.